The number of piperazine rings is 1. The molecule has 1 aromatic carbocycles. The van der Waals surface area contributed by atoms with E-state index in [1.54, 1.807) is 6.20 Å². The lowest BCUT2D eigenvalue weighted by Gasteiger charge is -2.39. The summed E-state index contributed by atoms with van der Waals surface area (Å²) < 4.78 is 0. The summed E-state index contributed by atoms with van der Waals surface area (Å²) in [7, 11) is 0. The number of benzene rings is 1. The van der Waals surface area contributed by atoms with Crippen molar-refractivity contribution < 1.29 is 9.59 Å². The summed E-state index contributed by atoms with van der Waals surface area (Å²) in [5, 5.41) is 0. The average Bonchev–Trinajstić information content (AvgIpc) is 2.80. The van der Waals surface area contributed by atoms with Crippen molar-refractivity contribution in [3.8, 4) is 0 Å². The van der Waals surface area contributed by atoms with Gasteiger partial charge in [0, 0.05) is 58.2 Å². The topological polar surface area (TPSA) is 56.8 Å². The monoisotopic (exact) mass is 406 g/mol. The van der Waals surface area contributed by atoms with E-state index in [9.17, 15) is 9.59 Å². The maximum Gasteiger partial charge on any atom is 0.227 e. The van der Waals surface area contributed by atoms with Gasteiger partial charge in [0.25, 0.3) is 0 Å². The van der Waals surface area contributed by atoms with Gasteiger partial charge in [-0.15, -0.1) is 0 Å². The zero-order valence-corrected chi connectivity index (χ0v) is 17.4. The van der Waals surface area contributed by atoms with E-state index in [0.717, 1.165) is 57.7 Å². The molecule has 158 valence electrons. The van der Waals surface area contributed by atoms with Crippen LogP contribution in [0.3, 0.4) is 0 Å². The van der Waals surface area contributed by atoms with Crippen LogP contribution in [-0.4, -0.2) is 70.8 Å². The molecule has 3 heterocycles. The minimum Gasteiger partial charge on any atom is -0.342 e. The van der Waals surface area contributed by atoms with Gasteiger partial charge < -0.3 is 9.80 Å². The Morgan fingerprint density at radius 3 is 2.40 bits per heavy atom. The quantitative estimate of drug-likeness (QED) is 0.764. The Hall–Kier alpha value is -2.73. The van der Waals surface area contributed by atoms with Crippen LogP contribution in [0.5, 0.6) is 0 Å². The molecule has 2 amide bonds. The van der Waals surface area contributed by atoms with Crippen LogP contribution in [0.1, 0.15) is 24.0 Å². The van der Waals surface area contributed by atoms with Crippen LogP contribution in [0.2, 0.25) is 0 Å². The normalized spacial score (nSPS) is 20.2. The van der Waals surface area contributed by atoms with Crippen LogP contribution in [0.25, 0.3) is 0 Å². The minimum atomic E-state index is -0.0663. The van der Waals surface area contributed by atoms with Gasteiger partial charge in [0.05, 0.1) is 12.3 Å². The summed E-state index contributed by atoms with van der Waals surface area (Å²) >= 11 is 0. The lowest BCUT2D eigenvalue weighted by atomic mass is 9.95. The number of pyridine rings is 1. The number of nitrogens with zero attached hydrogens (tertiary/aromatic N) is 4. The molecule has 0 spiro atoms. The number of hydrogen-bond donors (Lipinski definition) is 0. The predicted octanol–water partition coefficient (Wildman–Crippen LogP) is 2.21. The van der Waals surface area contributed by atoms with E-state index >= 15 is 0 Å². The van der Waals surface area contributed by atoms with Gasteiger partial charge >= 0.3 is 0 Å². The fraction of sp³-hybridized carbons (Fsp3) is 0.458. The number of piperidine rings is 1. The first-order valence-corrected chi connectivity index (χ1v) is 10.9. The highest BCUT2D eigenvalue weighted by Crippen LogP contribution is 2.21. The number of likely N-dealkylation sites (tertiary alicyclic amines) is 1. The molecule has 1 aromatic heterocycles. The number of amides is 2. The van der Waals surface area contributed by atoms with Gasteiger partial charge in [-0.05, 0) is 30.0 Å². The van der Waals surface area contributed by atoms with Gasteiger partial charge in [-0.3, -0.25) is 19.5 Å². The molecular weight excluding hydrogens is 376 g/mol. The summed E-state index contributed by atoms with van der Waals surface area (Å²) in [4.78, 5) is 36.3. The first-order valence-electron chi connectivity index (χ1n) is 10.9. The van der Waals surface area contributed by atoms with Crippen molar-refractivity contribution in [2.75, 3.05) is 39.3 Å². The van der Waals surface area contributed by atoms with Gasteiger partial charge in [0.2, 0.25) is 11.8 Å². The molecule has 4 rings (SSSR count). The first-order chi connectivity index (χ1) is 14.7. The molecule has 0 N–H and O–H groups in total. The molecule has 2 aliphatic rings. The van der Waals surface area contributed by atoms with Crippen LogP contribution in [0.4, 0.5) is 0 Å². The summed E-state index contributed by atoms with van der Waals surface area (Å²) in [6.07, 6.45) is 5.88. The predicted molar refractivity (Wildman–Crippen MR) is 116 cm³/mol. The minimum absolute atomic E-state index is 0.0663. The lowest BCUT2D eigenvalue weighted by Crippen LogP contribution is -2.52. The highest BCUT2D eigenvalue weighted by Gasteiger charge is 2.32. The summed E-state index contributed by atoms with van der Waals surface area (Å²) in [5.74, 6) is 0.275. The van der Waals surface area contributed by atoms with E-state index in [-0.39, 0.29) is 17.7 Å². The molecule has 0 saturated carbocycles. The molecular formula is C24H30N4O2. The van der Waals surface area contributed by atoms with Crippen molar-refractivity contribution in [1.29, 1.82) is 0 Å². The van der Waals surface area contributed by atoms with Gasteiger partial charge in [0.15, 0.2) is 0 Å². The van der Waals surface area contributed by atoms with Crippen molar-refractivity contribution in [3.05, 3.63) is 66.0 Å². The maximum atomic E-state index is 13.1. The highest BCUT2D eigenvalue weighted by atomic mass is 16.2. The highest BCUT2D eigenvalue weighted by molar-refractivity contribution is 5.82. The second-order valence-corrected chi connectivity index (χ2v) is 8.30. The molecule has 2 saturated heterocycles. The number of carbonyl (C=O) groups excluding carboxylic acids is 2. The van der Waals surface area contributed by atoms with Crippen LogP contribution in [-0.2, 0) is 22.6 Å². The van der Waals surface area contributed by atoms with Gasteiger partial charge in [-0.25, -0.2) is 0 Å². The van der Waals surface area contributed by atoms with Crippen molar-refractivity contribution in [1.82, 2.24) is 19.7 Å². The molecule has 2 aliphatic heterocycles. The van der Waals surface area contributed by atoms with Crippen molar-refractivity contribution in [3.63, 3.8) is 0 Å². The average molecular weight is 407 g/mol. The Morgan fingerprint density at radius 2 is 1.67 bits per heavy atom. The summed E-state index contributed by atoms with van der Waals surface area (Å²) in [6, 6.07) is 13.9. The summed E-state index contributed by atoms with van der Waals surface area (Å²) in [6.45, 7) is 5.46. The second-order valence-electron chi connectivity index (χ2n) is 8.30. The molecule has 2 aromatic rings. The number of hydrogen-bond acceptors (Lipinski definition) is 4. The fourth-order valence-corrected chi connectivity index (χ4v) is 4.42. The zero-order chi connectivity index (χ0) is 20.8. The van der Waals surface area contributed by atoms with E-state index in [4.69, 9.17) is 0 Å². The molecule has 0 bridgehead atoms. The van der Waals surface area contributed by atoms with Crippen molar-refractivity contribution >= 4 is 11.8 Å². The maximum absolute atomic E-state index is 13.1. The molecule has 2 fully saturated rings. The van der Waals surface area contributed by atoms with E-state index < -0.39 is 0 Å². The van der Waals surface area contributed by atoms with Gasteiger partial charge in [0.1, 0.15) is 0 Å². The van der Waals surface area contributed by atoms with Gasteiger partial charge in [-0.1, -0.05) is 36.4 Å². The molecule has 0 aliphatic carbocycles. The third-order valence-electron chi connectivity index (χ3n) is 6.13. The second kappa shape index (κ2) is 9.85. The third kappa shape index (κ3) is 5.25. The Morgan fingerprint density at radius 1 is 0.900 bits per heavy atom. The molecule has 1 atom stereocenters. The molecule has 0 radical (unpaired) electrons. The Balaban J connectivity index is 1.27. The zero-order valence-electron chi connectivity index (χ0n) is 17.4. The van der Waals surface area contributed by atoms with Gasteiger partial charge in [-0.2, -0.15) is 0 Å². The number of rotatable bonds is 5. The Bertz CT molecular complexity index is 835. The smallest absolute Gasteiger partial charge is 0.227 e. The van der Waals surface area contributed by atoms with Crippen LogP contribution in [0, 0.1) is 5.92 Å². The van der Waals surface area contributed by atoms with Crippen molar-refractivity contribution in [2.45, 2.75) is 25.8 Å². The SMILES string of the molecule is O=C(Cc1ccccc1)N1CCCC(C(=O)N2CCN(Cc3cccnc3)CC2)C1. The standard InChI is InChI=1S/C24H30N4O2/c29-23(16-20-6-2-1-3-7-20)28-11-5-9-22(19-28)24(30)27-14-12-26(13-15-27)18-21-8-4-10-25-17-21/h1-4,6-8,10,17,22H,5,9,11-16,18-19H2. The largest absolute Gasteiger partial charge is 0.342 e. The van der Waals surface area contributed by atoms with E-state index in [0.29, 0.717) is 13.0 Å². The molecule has 30 heavy (non-hydrogen) atoms. The third-order valence-corrected chi connectivity index (χ3v) is 6.13. The molecule has 6 nitrogen and oxygen atoms in total. The van der Waals surface area contributed by atoms with Crippen molar-refractivity contribution in [2.24, 2.45) is 5.92 Å². The lowest BCUT2D eigenvalue weighted by molar-refractivity contribution is -0.142. The van der Waals surface area contributed by atoms with Crippen LogP contribution in [0.15, 0.2) is 54.9 Å². The fourth-order valence-electron chi connectivity index (χ4n) is 4.42. The Kier molecular flexibility index (Phi) is 6.74. The van der Waals surface area contributed by atoms with E-state index in [1.807, 2.05) is 52.4 Å². The van der Waals surface area contributed by atoms with E-state index in [2.05, 4.69) is 16.0 Å². The van der Waals surface area contributed by atoms with E-state index in [1.165, 1.54) is 5.56 Å². The number of carbonyl (C=O) groups is 2. The summed E-state index contributed by atoms with van der Waals surface area (Å²) in [5.41, 5.74) is 2.23. The number of aromatic nitrogens is 1. The van der Waals surface area contributed by atoms with Crippen LogP contribution < -0.4 is 0 Å². The molecule has 1 unspecified atom stereocenters. The first kappa shape index (κ1) is 20.5. The van der Waals surface area contributed by atoms with Crippen LogP contribution >= 0.6 is 0 Å². The molecule has 6 heteroatoms. The Labute approximate surface area is 178 Å².